The molecule has 3 rings (SSSR count). The van der Waals surface area contributed by atoms with Gasteiger partial charge in [-0.25, -0.2) is 0 Å². The van der Waals surface area contributed by atoms with Gasteiger partial charge in [-0.05, 0) is 37.9 Å². The Morgan fingerprint density at radius 3 is 2.94 bits per heavy atom. The average Bonchev–Trinajstić information content (AvgIpc) is 3.06. The molecule has 2 N–H and O–H groups in total. The summed E-state index contributed by atoms with van der Waals surface area (Å²) in [6.07, 6.45) is 6.73. The van der Waals surface area contributed by atoms with E-state index >= 15 is 0 Å². The number of rotatable bonds is 3. The number of hydrogen-bond donors (Lipinski definition) is 2. The van der Waals surface area contributed by atoms with Crippen molar-refractivity contribution in [1.29, 1.82) is 0 Å². The summed E-state index contributed by atoms with van der Waals surface area (Å²) in [7, 11) is 0. The minimum absolute atomic E-state index is 0.213. The zero-order valence-electron chi connectivity index (χ0n) is 10.5. The first-order chi connectivity index (χ1) is 8.75. The van der Waals surface area contributed by atoms with Crippen LogP contribution in [0, 0.1) is 10.7 Å². The molecular formula is C13H19N3OS. The van der Waals surface area contributed by atoms with E-state index in [1.54, 1.807) is 0 Å². The van der Waals surface area contributed by atoms with Crippen LogP contribution in [0.1, 0.15) is 43.5 Å². The van der Waals surface area contributed by atoms with Crippen molar-refractivity contribution in [3.63, 3.8) is 0 Å². The Kier molecular flexibility index (Phi) is 3.24. The van der Waals surface area contributed by atoms with E-state index in [1.807, 2.05) is 0 Å². The second-order valence-electron chi connectivity index (χ2n) is 5.31. The van der Waals surface area contributed by atoms with Gasteiger partial charge in [0.05, 0.1) is 12.2 Å². The van der Waals surface area contributed by atoms with E-state index in [0.29, 0.717) is 6.54 Å². The smallest absolute Gasteiger partial charge is 0.223 e. The Labute approximate surface area is 112 Å². The van der Waals surface area contributed by atoms with Crippen LogP contribution in [0.15, 0.2) is 0 Å². The Bertz CT molecular complexity index is 511. The maximum Gasteiger partial charge on any atom is 0.223 e. The van der Waals surface area contributed by atoms with Crippen molar-refractivity contribution in [1.82, 2.24) is 14.9 Å². The van der Waals surface area contributed by atoms with Crippen molar-refractivity contribution >= 4 is 18.1 Å². The van der Waals surface area contributed by atoms with Crippen LogP contribution < -0.4 is 5.32 Å². The van der Waals surface area contributed by atoms with E-state index in [2.05, 4.69) is 14.9 Å². The van der Waals surface area contributed by atoms with E-state index in [-0.39, 0.29) is 11.8 Å². The zero-order chi connectivity index (χ0) is 12.5. The normalized spacial score (nSPS) is 19.1. The van der Waals surface area contributed by atoms with Gasteiger partial charge in [-0.3, -0.25) is 4.79 Å². The Morgan fingerprint density at radius 1 is 1.39 bits per heavy atom. The van der Waals surface area contributed by atoms with Gasteiger partial charge in [0.1, 0.15) is 0 Å². The fourth-order valence-corrected chi connectivity index (χ4v) is 3.46. The first kappa shape index (κ1) is 12.0. The molecule has 1 aromatic rings. The molecule has 2 aliphatic rings. The molecule has 0 atom stereocenters. The van der Waals surface area contributed by atoms with Crippen LogP contribution in [-0.2, 0) is 24.3 Å². The number of aromatic nitrogens is 2. The highest BCUT2D eigenvalue weighted by Gasteiger charge is 2.23. The van der Waals surface area contributed by atoms with Gasteiger partial charge in [-0.15, -0.1) is 0 Å². The molecule has 1 aliphatic carbocycles. The highest BCUT2D eigenvalue weighted by Crippen LogP contribution is 2.25. The summed E-state index contributed by atoms with van der Waals surface area (Å²) >= 11 is 5.28. The number of hydrogen-bond acceptors (Lipinski definition) is 2. The largest absolute Gasteiger partial charge is 0.350 e. The molecule has 0 radical (unpaired) electrons. The fourth-order valence-electron chi connectivity index (χ4n) is 3.14. The molecule has 0 unspecified atom stereocenters. The first-order valence-electron chi connectivity index (χ1n) is 6.84. The van der Waals surface area contributed by atoms with Gasteiger partial charge in [0, 0.05) is 18.2 Å². The first-order valence-corrected chi connectivity index (χ1v) is 7.25. The monoisotopic (exact) mass is 265 g/mol. The molecule has 18 heavy (non-hydrogen) atoms. The lowest BCUT2D eigenvalue weighted by Crippen LogP contribution is -2.29. The van der Waals surface area contributed by atoms with E-state index in [0.717, 1.165) is 42.7 Å². The van der Waals surface area contributed by atoms with Crippen molar-refractivity contribution in [2.24, 2.45) is 5.92 Å². The Hall–Kier alpha value is -1.10. The summed E-state index contributed by atoms with van der Waals surface area (Å²) in [4.78, 5) is 15.2. The van der Waals surface area contributed by atoms with Crippen LogP contribution in [-0.4, -0.2) is 15.5 Å². The van der Waals surface area contributed by atoms with Gasteiger partial charge in [-0.1, -0.05) is 12.8 Å². The third-order valence-electron chi connectivity index (χ3n) is 4.14. The topological polar surface area (TPSA) is 49.8 Å². The lowest BCUT2D eigenvalue weighted by atomic mass is 10.1. The van der Waals surface area contributed by atoms with Crippen molar-refractivity contribution < 1.29 is 4.79 Å². The summed E-state index contributed by atoms with van der Waals surface area (Å²) in [5, 5.41) is 3.05. The maximum atomic E-state index is 12.0. The standard InChI is InChI=1S/C13H19N3OS/c17-12(9-4-1-2-5-9)14-8-10-11-6-3-7-16(11)13(18)15-10/h9H,1-8H2,(H,14,17)(H,15,18). The summed E-state index contributed by atoms with van der Waals surface area (Å²) in [5.41, 5.74) is 2.38. The molecule has 1 aliphatic heterocycles. The minimum atomic E-state index is 0.213. The number of amides is 1. The van der Waals surface area contributed by atoms with E-state index in [9.17, 15) is 4.79 Å². The summed E-state index contributed by atoms with van der Waals surface area (Å²) < 4.78 is 2.96. The van der Waals surface area contributed by atoms with Gasteiger partial charge in [0.15, 0.2) is 4.77 Å². The van der Waals surface area contributed by atoms with Crippen LogP contribution in [0.4, 0.5) is 0 Å². The minimum Gasteiger partial charge on any atom is -0.350 e. The number of H-pyrrole nitrogens is 1. The lowest BCUT2D eigenvalue weighted by Gasteiger charge is -2.10. The Balaban J connectivity index is 1.65. The second-order valence-corrected chi connectivity index (χ2v) is 5.70. The van der Waals surface area contributed by atoms with Crippen molar-refractivity contribution in [3.8, 4) is 0 Å². The summed E-state index contributed by atoms with van der Waals surface area (Å²) in [6.45, 7) is 1.61. The molecule has 0 aromatic carbocycles. The van der Waals surface area contributed by atoms with Gasteiger partial charge in [0.25, 0.3) is 0 Å². The molecule has 2 heterocycles. The fraction of sp³-hybridized carbons (Fsp3) is 0.692. The number of imidazole rings is 1. The predicted molar refractivity (Wildman–Crippen MR) is 71.7 cm³/mol. The van der Waals surface area contributed by atoms with Crippen LogP contribution >= 0.6 is 12.2 Å². The number of carbonyl (C=O) groups excluding carboxylic acids is 1. The quantitative estimate of drug-likeness (QED) is 0.824. The van der Waals surface area contributed by atoms with Crippen LogP contribution in [0.5, 0.6) is 0 Å². The van der Waals surface area contributed by atoms with Gasteiger partial charge >= 0.3 is 0 Å². The molecule has 1 fully saturated rings. The molecule has 0 spiro atoms. The van der Waals surface area contributed by atoms with E-state index in [4.69, 9.17) is 12.2 Å². The van der Waals surface area contributed by atoms with Crippen LogP contribution in [0.3, 0.4) is 0 Å². The highest BCUT2D eigenvalue weighted by atomic mass is 32.1. The molecular weight excluding hydrogens is 246 g/mol. The third kappa shape index (κ3) is 2.11. The third-order valence-corrected chi connectivity index (χ3v) is 4.46. The zero-order valence-corrected chi connectivity index (χ0v) is 11.3. The molecule has 98 valence electrons. The van der Waals surface area contributed by atoms with Crippen LogP contribution in [0.2, 0.25) is 0 Å². The van der Waals surface area contributed by atoms with Gasteiger partial charge in [-0.2, -0.15) is 0 Å². The highest BCUT2D eigenvalue weighted by molar-refractivity contribution is 7.71. The van der Waals surface area contributed by atoms with Crippen LogP contribution in [0.25, 0.3) is 0 Å². The number of fused-ring (bicyclic) bond motifs is 1. The molecule has 0 saturated heterocycles. The van der Waals surface area contributed by atoms with E-state index in [1.165, 1.54) is 18.5 Å². The number of nitrogens with zero attached hydrogens (tertiary/aromatic N) is 1. The molecule has 1 aromatic heterocycles. The summed E-state index contributed by atoms with van der Waals surface area (Å²) in [5.74, 6) is 0.452. The lowest BCUT2D eigenvalue weighted by molar-refractivity contribution is -0.124. The number of carbonyl (C=O) groups is 1. The number of aromatic amines is 1. The van der Waals surface area contributed by atoms with Gasteiger partial charge in [0.2, 0.25) is 5.91 Å². The second kappa shape index (κ2) is 4.88. The molecule has 5 heteroatoms. The van der Waals surface area contributed by atoms with Crippen molar-refractivity contribution in [2.45, 2.75) is 51.6 Å². The molecule has 0 bridgehead atoms. The molecule has 1 amide bonds. The maximum absolute atomic E-state index is 12.0. The van der Waals surface area contributed by atoms with Crippen molar-refractivity contribution in [2.75, 3.05) is 0 Å². The number of nitrogens with one attached hydrogen (secondary N) is 2. The predicted octanol–water partition coefficient (Wildman–Crippen LogP) is 2.30. The average molecular weight is 265 g/mol. The van der Waals surface area contributed by atoms with Gasteiger partial charge < -0.3 is 14.9 Å². The summed E-state index contributed by atoms with van der Waals surface area (Å²) in [6, 6.07) is 0. The molecule has 4 nitrogen and oxygen atoms in total. The van der Waals surface area contributed by atoms with E-state index < -0.39 is 0 Å². The molecule has 1 saturated carbocycles. The Morgan fingerprint density at radius 2 is 2.17 bits per heavy atom. The van der Waals surface area contributed by atoms with Crippen molar-refractivity contribution in [3.05, 3.63) is 16.2 Å². The SMILES string of the molecule is O=C(NCc1[nH]c(=S)n2c1CCC2)C1CCCC1.